The van der Waals surface area contributed by atoms with Crippen LogP contribution in [0.5, 0.6) is 0 Å². The van der Waals surface area contributed by atoms with Crippen LogP contribution in [0.4, 0.5) is 0 Å². The first kappa shape index (κ1) is 7.01. The van der Waals surface area contributed by atoms with Crippen LogP contribution in [0.15, 0.2) is 11.4 Å². The maximum Gasteiger partial charge on any atom is 0.258 e. The molecule has 0 aliphatic rings. The smallest absolute Gasteiger partial charge is 0.258 e. The number of halogens is 1. The SMILES string of the molecule is NC(=O)c1cc(I)cs1. The summed E-state index contributed by atoms with van der Waals surface area (Å²) in [6, 6.07) is 1.77. The molecule has 0 saturated carbocycles. The Labute approximate surface area is 70.2 Å². The zero-order valence-corrected chi connectivity index (χ0v) is 7.40. The molecule has 0 saturated heterocycles. The first-order chi connectivity index (χ1) is 4.20. The Morgan fingerprint density at radius 2 is 2.44 bits per heavy atom. The largest absolute Gasteiger partial charge is 0.365 e. The summed E-state index contributed by atoms with van der Waals surface area (Å²) in [6.45, 7) is 0. The lowest BCUT2D eigenvalue weighted by molar-refractivity contribution is 0.100. The maximum absolute atomic E-state index is 10.4. The molecule has 4 heteroatoms. The van der Waals surface area contributed by atoms with Crippen molar-refractivity contribution in [1.82, 2.24) is 0 Å². The van der Waals surface area contributed by atoms with Gasteiger partial charge in [-0.1, -0.05) is 0 Å². The summed E-state index contributed by atoms with van der Waals surface area (Å²) in [7, 11) is 0. The second-order valence-corrected chi connectivity index (χ2v) is 3.65. The third-order valence-electron chi connectivity index (χ3n) is 0.810. The predicted molar refractivity (Wildman–Crippen MR) is 45.6 cm³/mol. The highest BCUT2D eigenvalue weighted by Crippen LogP contribution is 2.14. The molecule has 0 spiro atoms. The predicted octanol–water partition coefficient (Wildman–Crippen LogP) is 1.45. The van der Waals surface area contributed by atoms with E-state index in [-0.39, 0.29) is 5.91 Å². The number of carbonyl (C=O) groups is 1. The second kappa shape index (κ2) is 2.66. The number of amides is 1. The van der Waals surface area contributed by atoms with Gasteiger partial charge in [0.1, 0.15) is 0 Å². The number of hydrogen-bond donors (Lipinski definition) is 1. The van der Waals surface area contributed by atoms with E-state index in [2.05, 4.69) is 22.6 Å². The summed E-state index contributed by atoms with van der Waals surface area (Å²) >= 11 is 3.51. The van der Waals surface area contributed by atoms with Gasteiger partial charge in [-0.2, -0.15) is 0 Å². The average Bonchev–Trinajstić information content (AvgIpc) is 2.14. The number of hydrogen-bond acceptors (Lipinski definition) is 2. The van der Waals surface area contributed by atoms with E-state index in [1.54, 1.807) is 6.07 Å². The molecule has 9 heavy (non-hydrogen) atoms. The minimum absolute atomic E-state index is 0.345. The van der Waals surface area contributed by atoms with E-state index in [0.29, 0.717) is 4.88 Å². The van der Waals surface area contributed by atoms with Crippen molar-refractivity contribution >= 4 is 39.8 Å². The van der Waals surface area contributed by atoms with Crippen molar-refractivity contribution in [3.63, 3.8) is 0 Å². The van der Waals surface area contributed by atoms with E-state index in [1.807, 2.05) is 5.38 Å². The Balaban J connectivity index is 2.98. The number of thiophene rings is 1. The van der Waals surface area contributed by atoms with Crippen LogP contribution in [-0.2, 0) is 0 Å². The molecule has 0 atom stereocenters. The van der Waals surface area contributed by atoms with Gasteiger partial charge in [0.25, 0.3) is 5.91 Å². The molecule has 1 aromatic rings. The number of nitrogens with two attached hydrogens (primary N) is 1. The lowest BCUT2D eigenvalue weighted by Gasteiger charge is -1.80. The van der Waals surface area contributed by atoms with Crippen LogP contribution in [0.25, 0.3) is 0 Å². The molecule has 0 aromatic carbocycles. The number of primary amides is 1. The van der Waals surface area contributed by atoms with E-state index in [4.69, 9.17) is 5.73 Å². The van der Waals surface area contributed by atoms with Crippen molar-refractivity contribution in [3.05, 3.63) is 19.9 Å². The molecule has 0 fully saturated rings. The van der Waals surface area contributed by atoms with E-state index in [9.17, 15) is 4.79 Å². The molecular formula is C5H4INOS. The molecule has 0 aliphatic carbocycles. The molecule has 2 N–H and O–H groups in total. The van der Waals surface area contributed by atoms with Gasteiger partial charge >= 0.3 is 0 Å². The third kappa shape index (κ3) is 1.65. The summed E-state index contributed by atoms with van der Waals surface area (Å²) in [4.78, 5) is 11.1. The first-order valence-corrected chi connectivity index (χ1v) is 4.20. The van der Waals surface area contributed by atoms with Gasteiger partial charge in [-0.05, 0) is 28.7 Å². The Morgan fingerprint density at radius 1 is 1.78 bits per heavy atom. The Hall–Kier alpha value is -0.100. The number of rotatable bonds is 1. The zero-order chi connectivity index (χ0) is 6.85. The standard InChI is InChI=1S/C5H4INOS/c6-3-1-4(5(7)8)9-2-3/h1-2H,(H2,7,8). The highest BCUT2D eigenvalue weighted by atomic mass is 127. The highest BCUT2D eigenvalue weighted by Gasteiger charge is 2.01. The van der Waals surface area contributed by atoms with Crippen molar-refractivity contribution in [3.8, 4) is 0 Å². The highest BCUT2D eigenvalue weighted by molar-refractivity contribution is 14.1. The van der Waals surface area contributed by atoms with Gasteiger partial charge in [0.05, 0.1) is 4.88 Å². The van der Waals surface area contributed by atoms with Gasteiger partial charge < -0.3 is 5.73 Å². The van der Waals surface area contributed by atoms with Gasteiger partial charge in [-0.3, -0.25) is 4.79 Å². The zero-order valence-electron chi connectivity index (χ0n) is 4.43. The summed E-state index contributed by atoms with van der Waals surface area (Å²) in [5.41, 5.74) is 5.00. The fourth-order valence-corrected chi connectivity index (χ4v) is 1.97. The van der Waals surface area contributed by atoms with Gasteiger partial charge in [-0.15, -0.1) is 11.3 Å². The first-order valence-electron chi connectivity index (χ1n) is 2.24. The third-order valence-corrected chi connectivity index (χ3v) is 2.80. The molecule has 1 heterocycles. The molecule has 0 radical (unpaired) electrons. The summed E-state index contributed by atoms with van der Waals surface area (Å²) in [5, 5.41) is 1.89. The minimum atomic E-state index is -0.345. The van der Waals surface area contributed by atoms with Crippen molar-refractivity contribution in [2.24, 2.45) is 5.73 Å². The van der Waals surface area contributed by atoms with E-state index in [1.165, 1.54) is 11.3 Å². The van der Waals surface area contributed by atoms with E-state index < -0.39 is 0 Å². The lowest BCUT2D eigenvalue weighted by atomic mass is 10.5. The summed E-state index contributed by atoms with van der Waals surface area (Å²) < 4.78 is 1.06. The van der Waals surface area contributed by atoms with Crippen molar-refractivity contribution in [2.75, 3.05) is 0 Å². The van der Waals surface area contributed by atoms with Crippen LogP contribution in [-0.4, -0.2) is 5.91 Å². The number of carbonyl (C=O) groups excluding carboxylic acids is 1. The summed E-state index contributed by atoms with van der Waals surface area (Å²) in [5.74, 6) is -0.345. The molecule has 1 amide bonds. The van der Waals surface area contributed by atoms with Crippen molar-refractivity contribution < 1.29 is 4.79 Å². The van der Waals surface area contributed by atoms with Crippen LogP contribution in [0.2, 0.25) is 0 Å². The quantitative estimate of drug-likeness (QED) is 0.756. The molecule has 0 bridgehead atoms. The molecule has 48 valence electrons. The normalized spacial score (nSPS) is 9.44. The molecule has 0 unspecified atom stereocenters. The van der Waals surface area contributed by atoms with Gasteiger partial charge in [0.15, 0.2) is 0 Å². The molecule has 0 aliphatic heterocycles. The fraction of sp³-hybridized carbons (Fsp3) is 0. The Bertz CT molecular complexity index is 233. The molecular weight excluding hydrogens is 249 g/mol. The van der Waals surface area contributed by atoms with Crippen LogP contribution in [0, 0.1) is 3.57 Å². The van der Waals surface area contributed by atoms with E-state index >= 15 is 0 Å². The van der Waals surface area contributed by atoms with Gasteiger partial charge in [-0.25, -0.2) is 0 Å². The van der Waals surface area contributed by atoms with Crippen LogP contribution in [0.3, 0.4) is 0 Å². The second-order valence-electron chi connectivity index (χ2n) is 1.49. The van der Waals surface area contributed by atoms with Crippen molar-refractivity contribution in [1.29, 1.82) is 0 Å². The average molecular weight is 253 g/mol. The van der Waals surface area contributed by atoms with E-state index in [0.717, 1.165) is 3.57 Å². The van der Waals surface area contributed by atoms with Crippen LogP contribution < -0.4 is 5.73 Å². The lowest BCUT2D eigenvalue weighted by Crippen LogP contribution is -2.08. The minimum Gasteiger partial charge on any atom is -0.365 e. The van der Waals surface area contributed by atoms with Crippen LogP contribution >= 0.6 is 33.9 Å². The molecule has 1 rings (SSSR count). The van der Waals surface area contributed by atoms with Crippen LogP contribution in [0.1, 0.15) is 9.67 Å². The fourth-order valence-electron chi connectivity index (χ4n) is 0.442. The molecule has 1 aromatic heterocycles. The molecule has 2 nitrogen and oxygen atoms in total. The topological polar surface area (TPSA) is 43.1 Å². The van der Waals surface area contributed by atoms with Crippen molar-refractivity contribution in [2.45, 2.75) is 0 Å². The maximum atomic E-state index is 10.4. The monoisotopic (exact) mass is 253 g/mol. The summed E-state index contributed by atoms with van der Waals surface area (Å²) in [6.07, 6.45) is 0. The van der Waals surface area contributed by atoms with Gasteiger partial charge in [0, 0.05) is 8.95 Å². The van der Waals surface area contributed by atoms with Gasteiger partial charge in [0.2, 0.25) is 0 Å². The Kier molecular flexibility index (Phi) is 2.07. The Morgan fingerprint density at radius 3 is 2.67 bits per heavy atom.